The van der Waals surface area contributed by atoms with Crippen LogP contribution in [0, 0.1) is 0 Å². The fraction of sp³-hybridized carbons (Fsp3) is 0.222. The van der Waals surface area contributed by atoms with Gasteiger partial charge in [-0.15, -0.1) is 10.2 Å². The molecule has 0 unspecified atom stereocenters. The van der Waals surface area contributed by atoms with Gasteiger partial charge in [0.25, 0.3) is 0 Å². The molecule has 0 radical (unpaired) electrons. The molecular formula is C18H19N3O. The summed E-state index contributed by atoms with van der Waals surface area (Å²) in [5, 5.41) is 11.5. The highest BCUT2D eigenvalue weighted by Gasteiger charge is 2.06. The summed E-state index contributed by atoms with van der Waals surface area (Å²) in [6, 6.07) is 18.5. The van der Waals surface area contributed by atoms with Crippen LogP contribution in [0.4, 0.5) is 5.69 Å². The van der Waals surface area contributed by atoms with E-state index in [0.29, 0.717) is 24.7 Å². The molecule has 0 aliphatic carbocycles. The predicted octanol–water partition coefficient (Wildman–Crippen LogP) is 3.83. The first-order valence-corrected chi connectivity index (χ1v) is 7.51. The molecule has 0 aliphatic rings. The molecule has 1 heterocycles. The van der Waals surface area contributed by atoms with Crippen molar-refractivity contribution >= 4 is 5.69 Å². The van der Waals surface area contributed by atoms with Gasteiger partial charge in [0, 0.05) is 5.69 Å². The zero-order valence-corrected chi connectivity index (χ0v) is 12.6. The van der Waals surface area contributed by atoms with Crippen molar-refractivity contribution < 1.29 is 4.42 Å². The predicted molar refractivity (Wildman–Crippen MR) is 86.7 cm³/mol. The van der Waals surface area contributed by atoms with Crippen LogP contribution < -0.4 is 5.32 Å². The number of rotatable bonds is 6. The molecule has 4 heteroatoms. The van der Waals surface area contributed by atoms with Crippen molar-refractivity contribution in [2.45, 2.75) is 26.3 Å². The molecule has 0 saturated carbocycles. The Bertz CT molecular complexity index is 705. The number of hydrogen-bond donors (Lipinski definition) is 1. The summed E-state index contributed by atoms with van der Waals surface area (Å²) in [4.78, 5) is 0. The first kappa shape index (κ1) is 14.3. The second kappa shape index (κ2) is 6.89. The maximum atomic E-state index is 5.67. The number of nitrogens with one attached hydrogen (secondary N) is 1. The van der Waals surface area contributed by atoms with Gasteiger partial charge in [-0.25, -0.2) is 0 Å². The van der Waals surface area contributed by atoms with E-state index in [1.165, 1.54) is 11.1 Å². The summed E-state index contributed by atoms with van der Waals surface area (Å²) in [5.41, 5.74) is 3.55. The molecule has 0 amide bonds. The van der Waals surface area contributed by atoms with Crippen LogP contribution in [0.1, 0.15) is 29.8 Å². The van der Waals surface area contributed by atoms with Crippen molar-refractivity contribution in [1.29, 1.82) is 0 Å². The molecule has 112 valence electrons. The van der Waals surface area contributed by atoms with E-state index in [0.717, 1.165) is 12.1 Å². The topological polar surface area (TPSA) is 51.0 Å². The minimum absolute atomic E-state index is 0.535. The lowest BCUT2D eigenvalue weighted by Gasteiger charge is -2.04. The maximum Gasteiger partial charge on any atom is 0.235 e. The highest BCUT2D eigenvalue weighted by atomic mass is 16.4. The van der Waals surface area contributed by atoms with Gasteiger partial charge in [0.2, 0.25) is 11.8 Å². The van der Waals surface area contributed by atoms with Crippen molar-refractivity contribution in [2.24, 2.45) is 0 Å². The summed E-state index contributed by atoms with van der Waals surface area (Å²) < 4.78 is 5.67. The van der Waals surface area contributed by atoms with Crippen molar-refractivity contribution in [1.82, 2.24) is 10.2 Å². The Hall–Kier alpha value is -2.62. The molecule has 0 saturated heterocycles. The van der Waals surface area contributed by atoms with Gasteiger partial charge >= 0.3 is 0 Å². The molecule has 2 aromatic carbocycles. The van der Waals surface area contributed by atoms with Crippen molar-refractivity contribution in [3.63, 3.8) is 0 Å². The molecule has 0 fully saturated rings. The second-order valence-electron chi connectivity index (χ2n) is 5.16. The van der Waals surface area contributed by atoms with Gasteiger partial charge < -0.3 is 9.73 Å². The molecule has 0 aliphatic heterocycles. The van der Waals surface area contributed by atoms with Gasteiger partial charge in [-0.1, -0.05) is 49.4 Å². The third-order valence-electron chi connectivity index (χ3n) is 3.51. The van der Waals surface area contributed by atoms with Crippen LogP contribution in [0.15, 0.2) is 59.0 Å². The van der Waals surface area contributed by atoms with E-state index in [1.807, 2.05) is 18.2 Å². The summed E-state index contributed by atoms with van der Waals surface area (Å²) >= 11 is 0. The molecule has 22 heavy (non-hydrogen) atoms. The van der Waals surface area contributed by atoms with E-state index < -0.39 is 0 Å². The average Bonchev–Trinajstić information content (AvgIpc) is 3.02. The van der Waals surface area contributed by atoms with Crippen LogP contribution in [0.2, 0.25) is 0 Å². The SMILES string of the molecule is CCc1ccc(NCc2nnc(Cc3ccccc3)o2)cc1. The van der Waals surface area contributed by atoms with Crippen molar-refractivity contribution in [2.75, 3.05) is 5.32 Å². The van der Waals surface area contributed by atoms with Crippen LogP contribution in [0.25, 0.3) is 0 Å². The van der Waals surface area contributed by atoms with Crippen LogP contribution in [-0.2, 0) is 19.4 Å². The van der Waals surface area contributed by atoms with E-state index >= 15 is 0 Å². The third kappa shape index (κ3) is 3.73. The van der Waals surface area contributed by atoms with Crippen LogP contribution in [-0.4, -0.2) is 10.2 Å². The fourth-order valence-corrected chi connectivity index (χ4v) is 2.24. The molecule has 1 N–H and O–H groups in total. The number of aryl methyl sites for hydroxylation is 1. The largest absolute Gasteiger partial charge is 0.423 e. The maximum absolute atomic E-state index is 5.67. The second-order valence-corrected chi connectivity index (χ2v) is 5.16. The zero-order valence-electron chi connectivity index (χ0n) is 12.6. The number of hydrogen-bond acceptors (Lipinski definition) is 4. The Kier molecular flexibility index (Phi) is 4.49. The fourth-order valence-electron chi connectivity index (χ4n) is 2.24. The molecule has 1 aromatic heterocycles. The highest BCUT2D eigenvalue weighted by molar-refractivity contribution is 5.44. The third-order valence-corrected chi connectivity index (χ3v) is 3.51. The van der Waals surface area contributed by atoms with E-state index in [4.69, 9.17) is 4.42 Å². The van der Waals surface area contributed by atoms with Crippen LogP contribution in [0.3, 0.4) is 0 Å². The molecule has 3 aromatic rings. The number of nitrogens with zero attached hydrogens (tertiary/aromatic N) is 2. The smallest absolute Gasteiger partial charge is 0.235 e. The Labute approximate surface area is 130 Å². The Balaban J connectivity index is 1.57. The van der Waals surface area contributed by atoms with Gasteiger partial charge in [0.1, 0.15) is 0 Å². The van der Waals surface area contributed by atoms with Crippen LogP contribution in [0.5, 0.6) is 0 Å². The Morgan fingerprint density at radius 2 is 1.59 bits per heavy atom. The first-order chi connectivity index (χ1) is 10.8. The van der Waals surface area contributed by atoms with Gasteiger partial charge in [0.15, 0.2) is 0 Å². The van der Waals surface area contributed by atoms with Crippen molar-refractivity contribution in [3.05, 3.63) is 77.5 Å². The lowest BCUT2D eigenvalue weighted by molar-refractivity contribution is 0.464. The van der Waals surface area contributed by atoms with E-state index in [1.54, 1.807) is 0 Å². The quantitative estimate of drug-likeness (QED) is 0.750. The standard InChI is InChI=1S/C18H19N3O/c1-2-14-8-10-16(11-9-14)19-13-18-21-20-17(22-18)12-15-6-4-3-5-7-15/h3-11,19H,2,12-13H2,1H3. The summed E-state index contributed by atoms with van der Waals surface area (Å²) in [6.45, 7) is 2.68. The normalized spacial score (nSPS) is 10.6. The van der Waals surface area contributed by atoms with Gasteiger partial charge in [-0.05, 0) is 29.7 Å². The van der Waals surface area contributed by atoms with E-state index in [9.17, 15) is 0 Å². The van der Waals surface area contributed by atoms with Crippen LogP contribution >= 0.6 is 0 Å². The molecule has 0 atom stereocenters. The van der Waals surface area contributed by atoms with E-state index in [2.05, 4.69) is 58.8 Å². The molecule has 0 spiro atoms. The number of aromatic nitrogens is 2. The van der Waals surface area contributed by atoms with Gasteiger partial charge in [0.05, 0.1) is 13.0 Å². The molecule has 4 nitrogen and oxygen atoms in total. The molecule has 0 bridgehead atoms. The number of benzene rings is 2. The molecular weight excluding hydrogens is 274 g/mol. The summed E-state index contributed by atoms with van der Waals surface area (Å²) in [6.07, 6.45) is 1.71. The lowest BCUT2D eigenvalue weighted by Crippen LogP contribution is -1.99. The lowest BCUT2D eigenvalue weighted by atomic mass is 10.1. The highest BCUT2D eigenvalue weighted by Crippen LogP contribution is 2.12. The van der Waals surface area contributed by atoms with Gasteiger partial charge in [-0.3, -0.25) is 0 Å². The van der Waals surface area contributed by atoms with Crippen molar-refractivity contribution in [3.8, 4) is 0 Å². The summed E-state index contributed by atoms with van der Waals surface area (Å²) in [7, 11) is 0. The van der Waals surface area contributed by atoms with E-state index in [-0.39, 0.29) is 0 Å². The number of anilines is 1. The Morgan fingerprint density at radius 1 is 0.864 bits per heavy atom. The van der Waals surface area contributed by atoms with Gasteiger partial charge in [-0.2, -0.15) is 0 Å². The first-order valence-electron chi connectivity index (χ1n) is 7.51. The summed E-state index contributed by atoms with van der Waals surface area (Å²) in [5.74, 6) is 1.25. The Morgan fingerprint density at radius 3 is 2.32 bits per heavy atom. The molecule has 3 rings (SSSR count). The average molecular weight is 293 g/mol. The monoisotopic (exact) mass is 293 g/mol. The zero-order chi connectivity index (χ0) is 15.2. The minimum atomic E-state index is 0.535. The minimum Gasteiger partial charge on any atom is -0.423 e.